The maximum absolute atomic E-state index is 11.3. The van der Waals surface area contributed by atoms with Crippen molar-refractivity contribution in [3.8, 4) is 0 Å². The van der Waals surface area contributed by atoms with Crippen LogP contribution in [-0.2, 0) is 10.5 Å². The first-order valence-corrected chi connectivity index (χ1v) is 6.17. The maximum atomic E-state index is 11.3. The minimum Gasteiger partial charge on any atom is -0.459 e. The molecule has 8 heteroatoms. The van der Waals surface area contributed by atoms with Crippen molar-refractivity contribution in [3.63, 3.8) is 0 Å². The zero-order valence-corrected chi connectivity index (χ0v) is 10.4. The Labute approximate surface area is 107 Å². The quantitative estimate of drug-likeness (QED) is 0.591. The number of ether oxygens (including phenoxy) is 1. The lowest BCUT2D eigenvalue weighted by Gasteiger charge is -1.95. The van der Waals surface area contributed by atoms with Gasteiger partial charge in [0.1, 0.15) is 5.82 Å². The number of nitrogens with zero attached hydrogens (tertiary/aromatic N) is 4. The highest BCUT2D eigenvalue weighted by Gasteiger charge is 2.16. The number of esters is 1. The normalized spacial score (nSPS) is 10.3. The van der Waals surface area contributed by atoms with Crippen molar-refractivity contribution < 1.29 is 13.9 Å². The summed E-state index contributed by atoms with van der Waals surface area (Å²) < 4.78 is 9.87. The molecule has 0 aliphatic rings. The van der Waals surface area contributed by atoms with Crippen molar-refractivity contribution >= 4 is 17.7 Å². The SMILES string of the molecule is CCOC(=O)c1nnc(SCc2ncccn2)o1. The van der Waals surface area contributed by atoms with Gasteiger partial charge in [0.2, 0.25) is 0 Å². The van der Waals surface area contributed by atoms with Crippen LogP contribution in [0.15, 0.2) is 28.1 Å². The summed E-state index contributed by atoms with van der Waals surface area (Å²) in [7, 11) is 0. The lowest BCUT2D eigenvalue weighted by molar-refractivity contribution is 0.0475. The Kier molecular flexibility index (Phi) is 4.24. The minimum atomic E-state index is -0.618. The van der Waals surface area contributed by atoms with Gasteiger partial charge < -0.3 is 9.15 Å². The molecule has 2 aromatic rings. The molecule has 0 saturated heterocycles. The molecule has 94 valence electrons. The molecule has 2 aromatic heterocycles. The van der Waals surface area contributed by atoms with E-state index in [-0.39, 0.29) is 17.7 Å². The van der Waals surface area contributed by atoms with Crippen molar-refractivity contribution in [2.45, 2.75) is 17.9 Å². The molecule has 0 amide bonds. The fourth-order valence-corrected chi connectivity index (χ4v) is 1.71. The third kappa shape index (κ3) is 3.27. The minimum absolute atomic E-state index is 0.145. The molecule has 0 radical (unpaired) electrons. The lowest BCUT2D eigenvalue weighted by Crippen LogP contribution is -2.04. The second kappa shape index (κ2) is 6.10. The van der Waals surface area contributed by atoms with Gasteiger partial charge in [0, 0.05) is 12.4 Å². The van der Waals surface area contributed by atoms with Crippen LogP contribution in [0.5, 0.6) is 0 Å². The van der Waals surface area contributed by atoms with Crippen molar-refractivity contribution in [3.05, 3.63) is 30.2 Å². The second-order valence-corrected chi connectivity index (χ2v) is 3.97. The van der Waals surface area contributed by atoms with Gasteiger partial charge in [-0.05, 0) is 13.0 Å². The average Bonchev–Trinajstić information content (AvgIpc) is 2.87. The first-order chi connectivity index (χ1) is 8.79. The van der Waals surface area contributed by atoms with E-state index in [1.165, 1.54) is 11.8 Å². The van der Waals surface area contributed by atoms with Gasteiger partial charge in [0.25, 0.3) is 5.22 Å². The van der Waals surface area contributed by atoms with Gasteiger partial charge in [-0.25, -0.2) is 14.8 Å². The monoisotopic (exact) mass is 266 g/mol. The van der Waals surface area contributed by atoms with Crippen LogP contribution in [0.1, 0.15) is 23.4 Å². The maximum Gasteiger partial charge on any atom is 0.396 e. The van der Waals surface area contributed by atoms with Crippen LogP contribution >= 0.6 is 11.8 Å². The van der Waals surface area contributed by atoms with Gasteiger partial charge in [-0.2, -0.15) is 0 Å². The Balaban J connectivity index is 1.93. The molecule has 0 aromatic carbocycles. The molecule has 0 aliphatic heterocycles. The van der Waals surface area contributed by atoms with E-state index in [2.05, 4.69) is 20.2 Å². The Morgan fingerprint density at radius 1 is 1.39 bits per heavy atom. The first-order valence-electron chi connectivity index (χ1n) is 5.19. The van der Waals surface area contributed by atoms with Gasteiger partial charge in [-0.1, -0.05) is 16.9 Å². The van der Waals surface area contributed by atoms with E-state index < -0.39 is 5.97 Å². The number of aromatic nitrogens is 4. The molecule has 2 rings (SSSR count). The molecular formula is C10H10N4O3S. The van der Waals surface area contributed by atoms with Crippen LogP contribution in [0.2, 0.25) is 0 Å². The van der Waals surface area contributed by atoms with E-state index in [9.17, 15) is 4.79 Å². The zero-order chi connectivity index (χ0) is 12.8. The molecule has 2 heterocycles. The molecule has 0 fully saturated rings. The molecule has 0 unspecified atom stereocenters. The predicted molar refractivity (Wildman–Crippen MR) is 61.8 cm³/mol. The number of hydrogen-bond donors (Lipinski definition) is 0. The summed E-state index contributed by atoms with van der Waals surface area (Å²) in [6, 6.07) is 1.74. The van der Waals surface area contributed by atoms with E-state index in [1.54, 1.807) is 25.4 Å². The van der Waals surface area contributed by atoms with Gasteiger partial charge in [0.15, 0.2) is 0 Å². The number of hydrogen-bond acceptors (Lipinski definition) is 8. The molecule has 18 heavy (non-hydrogen) atoms. The van der Waals surface area contributed by atoms with Crippen LogP contribution in [0.4, 0.5) is 0 Å². The molecule has 0 saturated carbocycles. The van der Waals surface area contributed by atoms with E-state index in [4.69, 9.17) is 9.15 Å². The summed E-state index contributed by atoms with van der Waals surface area (Å²) in [6.07, 6.45) is 3.31. The lowest BCUT2D eigenvalue weighted by atomic mass is 10.6. The van der Waals surface area contributed by atoms with Gasteiger partial charge in [0.05, 0.1) is 12.4 Å². The van der Waals surface area contributed by atoms with Gasteiger partial charge in [-0.15, -0.1) is 5.10 Å². The highest BCUT2D eigenvalue weighted by atomic mass is 32.2. The Morgan fingerprint density at radius 2 is 2.17 bits per heavy atom. The smallest absolute Gasteiger partial charge is 0.396 e. The molecule has 7 nitrogen and oxygen atoms in total. The Hall–Kier alpha value is -1.96. The fourth-order valence-electron chi connectivity index (χ4n) is 1.07. The standard InChI is InChI=1S/C10H10N4O3S/c1-2-16-9(15)8-13-14-10(17-8)18-6-7-11-4-3-5-12-7/h3-5H,2,6H2,1H3. The predicted octanol–water partition coefficient (Wildman–Crippen LogP) is 1.33. The number of carbonyl (C=O) groups excluding carboxylic acids is 1. The molecule has 0 N–H and O–H groups in total. The fraction of sp³-hybridized carbons (Fsp3) is 0.300. The second-order valence-electron chi connectivity index (χ2n) is 3.05. The van der Waals surface area contributed by atoms with Crippen molar-refractivity contribution in [2.75, 3.05) is 6.61 Å². The van der Waals surface area contributed by atoms with Crippen molar-refractivity contribution in [1.82, 2.24) is 20.2 Å². The molecular weight excluding hydrogens is 256 g/mol. The van der Waals surface area contributed by atoms with Gasteiger partial charge >= 0.3 is 11.9 Å². The van der Waals surface area contributed by atoms with Crippen LogP contribution in [-0.4, -0.2) is 32.7 Å². The first kappa shape index (κ1) is 12.5. The third-order valence-corrected chi connectivity index (χ3v) is 2.61. The summed E-state index contributed by atoms with van der Waals surface area (Å²) in [5.74, 6) is 0.380. The van der Waals surface area contributed by atoms with Gasteiger partial charge in [-0.3, -0.25) is 0 Å². The Bertz CT molecular complexity index is 517. The molecule has 0 spiro atoms. The molecule has 0 aliphatic carbocycles. The van der Waals surface area contributed by atoms with E-state index in [0.717, 1.165) is 0 Å². The third-order valence-electron chi connectivity index (χ3n) is 1.80. The topological polar surface area (TPSA) is 91.0 Å². The summed E-state index contributed by atoms with van der Waals surface area (Å²) in [6.45, 7) is 1.97. The molecule has 0 bridgehead atoms. The summed E-state index contributed by atoms with van der Waals surface area (Å²) in [5.41, 5.74) is 0. The highest BCUT2D eigenvalue weighted by molar-refractivity contribution is 7.98. The van der Waals surface area contributed by atoms with E-state index in [1.807, 2.05) is 0 Å². The highest BCUT2D eigenvalue weighted by Crippen LogP contribution is 2.19. The zero-order valence-electron chi connectivity index (χ0n) is 9.57. The van der Waals surface area contributed by atoms with E-state index in [0.29, 0.717) is 11.6 Å². The van der Waals surface area contributed by atoms with Crippen LogP contribution in [0.25, 0.3) is 0 Å². The van der Waals surface area contributed by atoms with E-state index >= 15 is 0 Å². The number of carbonyl (C=O) groups is 1. The number of rotatable bonds is 5. The summed E-state index contributed by atoms with van der Waals surface area (Å²) >= 11 is 1.26. The summed E-state index contributed by atoms with van der Waals surface area (Å²) in [5, 5.41) is 7.60. The van der Waals surface area contributed by atoms with Crippen molar-refractivity contribution in [2.24, 2.45) is 0 Å². The number of thioether (sulfide) groups is 1. The van der Waals surface area contributed by atoms with Crippen LogP contribution in [0, 0.1) is 0 Å². The Morgan fingerprint density at radius 3 is 2.89 bits per heavy atom. The summed E-state index contributed by atoms with van der Waals surface area (Å²) in [4.78, 5) is 19.4. The average molecular weight is 266 g/mol. The van der Waals surface area contributed by atoms with Crippen molar-refractivity contribution in [1.29, 1.82) is 0 Å². The molecule has 0 atom stereocenters. The van der Waals surface area contributed by atoms with Crippen LogP contribution in [0.3, 0.4) is 0 Å². The van der Waals surface area contributed by atoms with Crippen LogP contribution < -0.4 is 0 Å². The largest absolute Gasteiger partial charge is 0.459 e.